The first-order chi connectivity index (χ1) is 10.3. The van der Waals surface area contributed by atoms with Gasteiger partial charge < -0.3 is 15.7 Å². The van der Waals surface area contributed by atoms with Crippen molar-refractivity contribution in [2.75, 3.05) is 5.32 Å². The summed E-state index contributed by atoms with van der Waals surface area (Å²) in [6.07, 6.45) is 7.22. The van der Waals surface area contributed by atoms with Crippen LogP contribution in [0.2, 0.25) is 0 Å². The second kappa shape index (κ2) is 6.58. The minimum atomic E-state index is -0.0814. The Hall–Kier alpha value is -1.39. The highest BCUT2D eigenvalue weighted by molar-refractivity contribution is 5.95. The molecule has 0 bridgehead atoms. The molecule has 1 aromatic carbocycles. The zero-order chi connectivity index (χ0) is 14.7. The summed E-state index contributed by atoms with van der Waals surface area (Å²) in [7, 11) is 0. The molecule has 4 nitrogen and oxygen atoms in total. The monoisotopic (exact) mass is 288 g/mol. The summed E-state index contributed by atoms with van der Waals surface area (Å²) in [6, 6.07) is 7.83. The summed E-state index contributed by atoms with van der Waals surface area (Å²) >= 11 is 0. The Morgan fingerprint density at radius 2 is 2.10 bits per heavy atom. The maximum Gasteiger partial charge on any atom is 0.241 e. The maximum atomic E-state index is 12.4. The van der Waals surface area contributed by atoms with Crippen LogP contribution < -0.4 is 10.6 Å². The van der Waals surface area contributed by atoms with Crippen molar-refractivity contribution in [1.82, 2.24) is 5.32 Å². The SMILES string of the molecule is O=C(Nc1cccc(CO)c1)C1CCC2CCCCC2N1. The highest BCUT2D eigenvalue weighted by Gasteiger charge is 2.34. The lowest BCUT2D eigenvalue weighted by Gasteiger charge is -2.39. The fraction of sp³-hybridized carbons (Fsp3) is 0.588. The van der Waals surface area contributed by atoms with Gasteiger partial charge in [0.25, 0.3) is 0 Å². The fourth-order valence-corrected chi connectivity index (χ4v) is 3.68. The lowest BCUT2D eigenvalue weighted by Crippen LogP contribution is -2.53. The lowest BCUT2D eigenvalue weighted by molar-refractivity contribution is -0.119. The summed E-state index contributed by atoms with van der Waals surface area (Å²) in [4.78, 5) is 12.4. The van der Waals surface area contributed by atoms with E-state index in [1.54, 1.807) is 0 Å². The zero-order valence-corrected chi connectivity index (χ0v) is 12.3. The number of nitrogens with one attached hydrogen (secondary N) is 2. The second-order valence-electron chi connectivity index (χ2n) is 6.30. The summed E-state index contributed by atoms with van der Waals surface area (Å²) in [5, 5.41) is 15.7. The van der Waals surface area contributed by atoms with Crippen LogP contribution >= 0.6 is 0 Å². The highest BCUT2D eigenvalue weighted by atomic mass is 16.3. The third kappa shape index (κ3) is 3.44. The number of benzene rings is 1. The average molecular weight is 288 g/mol. The third-order valence-corrected chi connectivity index (χ3v) is 4.84. The average Bonchev–Trinajstić information content (AvgIpc) is 2.54. The number of anilines is 1. The molecule has 114 valence electrons. The molecule has 1 heterocycles. The molecule has 21 heavy (non-hydrogen) atoms. The maximum absolute atomic E-state index is 12.4. The van der Waals surface area contributed by atoms with Gasteiger partial charge in [0.1, 0.15) is 0 Å². The van der Waals surface area contributed by atoms with Gasteiger partial charge >= 0.3 is 0 Å². The van der Waals surface area contributed by atoms with E-state index in [4.69, 9.17) is 5.11 Å². The summed E-state index contributed by atoms with van der Waals surface area (Å²) < 4.78 is 0. The van der Waals surface area contributed by atoms with E-state index in [9.17, 15) is 4.79 Å². The van der Waals surface area contributed by atoms with Crippen LogP contribution in [0.25, 0.3) is 0 Å². The Balaban J connectivity index is 1.60. The molecule has 0 spiro atoms. The molecule has 2 aliphatic rings. The predicted octanol–water partition coefficient (Wildman–Crippen LogP) is 2.43. The van der Waals surface area contributed by atoms with Crippen LogP contribution in [0.1, 0.15) is 44.1 Å². The lowest BCUT2D eigenvalue weighted by atomic mass is 9.77. The van der Waals surface area contributed by atoms with Crippen molar-refractivity contribution in [1.29, 1.82) is 0 Å². The number of rotatable bonds is 3. The van der Waals surface area contributed by atoms with Crippen molar-refractivity contribution in [3.05, 3.63) is 29.8 Å². The Kier molecular flexibility index (Phi) is 4.56. The van der Waals surface area contributed by atoms with E-state index in [-0.39, 0.29) is 18.6 Å². The van der Waals surface area contributed by atoms with E-state index >= 15 is 0 Å². The quantitative estimate of drug-likeness (QED) is 0.800. The van der Waals surface area contributed by atoms with Gasteiger partial charge in [0.15, 0.2) is 0 Å². The van der Waals surface area contributed by atoms with Crippen molar-refractivity contribution >= 4 is 11.6 Å². The smallest absolute Gasteiger partial charge is 0.241 e. The largest absolute Gasteiger partial charge is 0.392 e. The highest BCUT2D eigenvalue weighted by Crippen LogP contribution is 2.32. The summed E-state index contributed by atoms with van der Waals surface area (Å²) in [5.74, 6) is 0.814. The van der Waals surface area contributed by atoms with Crippen LogP contribution in [0.5, 0.6) is 0 Å². The molecule has 0 aromatic heterocycles. The van der Waals surface area contributed by atoms with E-state index in [2.05, 4.69) is 10.6 Å². The Morgan fingerprint density at radius 3 is 2.95 bits per heavy atom. The van der Waals surface area contributed by atoms with Crippen molar-refractivity contribution in [2.45, 2.75) is 57.2 Å². The normalized spacial score (nSPS) is 28.7. The van der Waals surface area contributed by atoms with E-state index in [0.29, 0.717) is 6.04 Å². The number of piperidine rings is 1. The third-order valence-electron chi connectivity index (χ3n) is 4.84. The molecule has 0 radical (unpaired) electrons. The van der Waals surface area contributed by atoms with Gasteiger partial charge in [-0.25, -0.2) is 0 Å². The molecule has 2 fully saturated rings. The topological polar surface area (TPSA) is 61.4 Å². The van der Waals surface area contributed by atoms with Crippen LogP contribution in [0.15, 0.2) is 24.3 Å². The Bertz CT molecular complexity index is 503. The first-order valence-corrected chi connectivity index (χ1v) is 8.03. The van der Waals surface area contributed by atoms with Gasteiger partial charge in [-0.15, -0.1) is 0 Å². The summed E-state index contributed by atoms with van der Waals surface area (Å²) in [5.41, 5.74) is 1.58. The number of amides is 1. The molecule has 3 rings (SSSR count). The number of aliphatic hydroxyl groups excluding tert-OH is 1. The van der Waals surface area contributed by atoms with Gasteiger partial charge in [-0.2, -0.15) is 0 Å². The van der Waals surface area contributed by atoms with Crippen LogP contribution in [0.3, 0.4) is 0 Å². The molecule has 4 heteroatoms. The van der Waals surface area contributed by atoms with E-state index in [1.807, 2.05) is 24.3 Å². The first kappa shape index (κ1) is 14.5. The number of hydrogen-bond acceptors (Lipinski definition) is 3. The van der Waals surface area contributed by atoms with Crippen LogP contribution in [0, 0.1) is 5.92 Å². The molecular formula is C17H24N2O2. The molecule has 1 saturated heterocycles. The molecule has 3 unspecified atom stereocenters. The van der Waals surface area contributed by atoms with Gasteiger partial charge in [-0.1, -0.05) is 25.0 Å². The van der Waals surface area contributed by atoms with Gasteiger partial charge in [-0.3, -0.25) is 4.79 Å². The van der Waals surface area contributed by atoms with E-state index in [0.717, 1.165) is 30.0 Å². The molecule has 3 N–H and O–H groups in total. The van der Waals surface area contributed by atoms with Crippen molar-refractivity contribution in [3.63, 3.8) is 0 Å². The van der Waals surface area contributed by atoms with E-state index < -0.39 is 0 Å². The molecule has 1 aromatic rings. The number of fused-ring (bicyclic) bond motifs is 1. The minimum Gasteiger partial charge on any atom is -0.392 e. The van der Waals surface area contributed by atoms with Gasteiger partial charge in [0.2, 0.25) is 5.91 Å². The van der Waals surface area contributed by atoms with Crippen molar-refractivity contribution in [2.24, 2.45) is 5.92 Å². The van der Waals surface area contributed by atoms with Gasteiger partial charge in [-0.05, 0) is 49.3 Å². The van der Waals surface area contributed by atoms with Crippen LogP contribution in [0.4, 0.5) is 5.69 Å². The van der Waals surface area contributed by atoms with E-state index in [1.165, 1.54) is 25.7 Å². The predicted molar refractivity (Wildman–Crippen MR) is 82.9 cm³/mol. The molecule has 1 aliphatic carbocycles. The number of carbonyl (C=O) groups is 1. The Labute approximate surface area is 125 Å². The number of hydrogen-bond donors (Lipinski definition) is 3. The standard InChI is InChI=1S/C17H24N2O2/c20-11-12-4-3-6-14(10-12)18-17(21)16-9-8-13-5-1-2-7-15(13)19-16/h3-4,6,10,13,15-16,19-20H,1-2,5,7-9,11H2,(H,18,21). The van der Waals surface area contributed by atoms with Gasteiger partial charge in [0.05, 0.1) is 12.6 Å². The van der Waals surface area contributed by atoms with Crippen LogP contribution in [-0.4, -0.2) is 23.1 Å². The Morgan fingerprint density at radius 1 is 1.24 bits per heavy atom. The van der Waals surface area contributed by atoms with Crippen LogP contribution in [-0.2, 0) is 11.4 Å². The molecule has 3 atom stereocenters. The minimum absolute atomic E-state index is 0.00482. The summed E-state index contributed by atoms with van der Waals surface area (Å²) in [6.45, 7) is -0.00482. The van der Waals surface area contributed by atoms with Gasteiger partial charge in [0, 0.05) is 11.7 Å². The molecule has 1 saturated carbocycles. The first-order valence-electron chi connectivity index (χ1n) is 8.03. The number of carbonyl (C=O) groups excluding carboxylic acids is 1. The van der Waals surface area contributed by atoms with Crippen molar-refractivity contribution in [3.8, 4) is 0 Å². The zero-order valence-electron chi connectivity index (χ0n) is 12.3. The molecule has 1 amide bonds. The second-order valence-corrected chi connectivity index (χ2v) is 6.30. The fourth-order valence-electron chi connectivity index (χ4n) is 3.68. The molecular weight excluding hydrogens is 264 g/mol. The van der Waals surface area contributed by atoms with Crippen molar-refractivity contribution < 1.29 is 9.90 Å². The molecule has 1 aliphatic heterocycles. The number of aliphatic hydroxyl groups is 1.